The zero-order valence-electron chi connectivity index (χ0n) is 7.34. The van der Waals surface area contributed by atoms with Gasteiger partial charge < -0.3 is 5.73 Å². The number of nitrogens with two attached hydrogens (primary N) is 1. The zero-order chi connectivity index (χ0) is 10.3. The van der Waals surface area contributed by atoms with Crippen molar-refractivity contribution in [3.05, 3.63) is 35.4 Å². The maximum atomic E-state index is 13.2. The van der Waals surface area contributed by atoms with Crippen molar-refractivity contribution in [3.63, 3.8) is 0 Å². The molecule has 1 saturated carbocycles. The quantitative estimate of drug-likeness (QED) is 0.768. The average molecular weight is 197 g/mol. The molecular weight excluding hydrogens is 188 g/mol. The van der Waals surface area contributed by atoms with Crippen LogP contribution in [0.25, 0.3) is 0 Å². The number of rotatable bonds is 2. The molecule has 2 N–H and O–H groups in total. The standard InChI is InChI=1S/C10H9F2NO/c11-5-1-2-6(9(12)3-5)7-4-8(7)10(13)14/h1-3,7-8H,4H2,(H2,13,14). The summed E-state index contributed by atoms with van der Waals surface area (Å²) in [6.07, 6.45) is 0.567. The summed E-state index contributed by atoms with van der Waals surface area (Å²) in [5, 5.41) is 0. The predicted molar refractivity (Wildman–Crippen MR) is 46.4 cm³/mol. The lowest BCUT2D eigenvalue weighted by atomic mass is 10.1. The molecule has 0 aromatic heterocycles. The van der Waals surface area contributed by atoms with Gasteiger partial charge in [-0.25, -0.2) is 8.78 Å². The largest absolute Gasteiger partial charge is 0.369 e. The molecule has 0 radical (unpaired) electrons. The van der Waals surface area contributed by atoms with Crippen molar-refractivity contribution in [2.45, 2.75) is 12.3 Å². The van der Waals surface area contributed by atoms with Crippen LogP contribution in [0.5, 0.6) is 0 Å². The summed E-state index contributed by atoms with van der Waals surface area (Å²) in [4.78, 5) is 10.7. The van der Waals surface area contributed by atoms with Crippen LogP contribution in [0.3, 0.4) is 0 Å². The molecular formula is C10H9F2NO. The topological polar surface area (TPSA) is 43.1 Å². The first-order valence-corrected chi connectivity index (χ1v) is 4.34. The molecule has 2 nitrogen and oxygen atoms in total. The van der Waals surface area contributed by atoms with Crippen LogP contribution in [-0.4, -0.2) is 5.91 Å². The highest BCUT2D eigenvalue weighted by Gasteiger charge is 2.43. The number of carbonyl (C=O) groups is 1. The van der Waals surface area contributed by atoms with Gasteiger partial charge in [-0.3, -0.25) is 4.79 Å². The number of halogens is 2. The van der Waals surface area contributed by atoms with E-state index in [1.807, 2.05) is 0 Å². The second-order valence-corrected chi connectivity index (χ2v) is 3.52. The van der Waals surface area contributed by atoms with Crippen LogP contribution >= 0.6 is 0 Å². The molecule has 0 bridgehead atoms. The fourth-order valence-electron chi connectivity index (χ4n) is 1.66. The molecule has 0 aliphatic heterocycles. The van der Waals surface area contributed by atoms with Gasteiger partial charge in [-0.05, 0) is 24.0 Å². The Hall–Kier alpha value is -1.45. The third-order valence-corrected chi connectivity index (χ3v) is 2.52. The van der Waals surface area contributed by atoms with Gasteiger partial charge in [0.25, 0.3) is 0 Å². The van der Waals surface area contributed by atoms with Crippen LogP contribution in [0.4, 0.5) is 8.78 Å². The maximum Gasteiger partial charge on any atom is 0.221 e. The molecule has 1 aliphatic rings. The Balaban J connectivity index is 2.23. The molecule has 0 heterocycles. The van der Waals surface area contributed by atoms with E-state index in [0.717, 1.165) is 6.07 Å². The van der Waals surface area contributed by atoms with E-state index in [9.17, 15) is 13.6 Å². The normalized spacial score (nSPS) is 24.7. The molecule has 1 aliphatic carbocycles. The van der Waals surface area contributed by atoms with E-state index in [1.54, 1.807) is 0 Å². The minimum Gasteiger partial charge on any atom is -0.369 e. The van der Waals surface area contributed by atoms with Gasteiger partial charge in [-0.15, -0.1) is 0 Å². The van der Waals surface area contributed by atoms with Gasteiger partial charge >= 0.3 is 0 Å². The zero-order valence-corrected chi connectivity index (χ0v) is 7.34. The molecule has 4 heteroatoms. The molecule has 1 aromatic rings. The Bertz CT molecular complexity index is 392. The number of benzene rings is 1. The number of primary amides is 1. The van der Waals surface area contributed by atoms with Crippen LogP contribution in [0.1, 0.15) is 17.9 Å². The molecule has 2 unspecified atom stereocenters. The molecule has 1 amide bonds. The van der Waals surface area contributed by atoms with E-state index in [0.29, 0.717) is 12.0 Å². The smallest absolute Gasteiger partial charge is 0.221 e. The van der Waals surface area contributed by atoms with Crippen molar-refractivity contribution < 1.29 is 13.6 Å². The molecule has 1 fully saturated rings. The van der Waals surface area contributed by atoms with Crippen molar-refractivity contribution in [1.29, 1.82) is 0 Å². The molecule has 0 saturated heterocycles. The predicted octanol–water partition coefficient (Wildman–Crippen LogP) is 1.55. The van der Waals surface area contributed by atoms with Gasteiger partial charge in [0.2, 0.25) is 5.91 Å². The van der Waals surface area contributed by atoms with Crippen molar-refractivity contribution in [3.8, 4) is 0 Å². The fraction of sp³-hybridized carbons (Fsp3) is 0.300. The first kappa shape index (κ1) is 9.12. The first-order valence-electron chi connectivity index (χ1n) is 4.34. The average Bonchev–Trinajstić information content (AvgIpc) is 2.83. The molecule has 2 rings (SSSR count). The molecule has 2 atom stereocenters. The SMILES string of the molecule is NC(=O)C1CC1c1ccc(F)cc1F. The van der Waals surface area contributed by atoms with Crippen LogP contribution in [0.2, 0.25) is 0 Å². The number of carbonyl (C=O) groups excluding carboxylic acids is 1. The third kappa shape index (κ3) is 1.47. The van der Waals surface area contributed by atoms with E-state index in [4.69, 9.17) is 5.73 Å². The van der Waals surface area contributed by atoms with Crippen LogP contribution < -0.4 is 5.73 Å². The first-order chi connectivity index (χ1) is 6.59. The summed E-state index contributed by atoms with van der Waals surface area (Å²) in [5.74, 6) is -2.07. The summed E-state index contributed by atoms with van der Waals surface area (Å²) in [5.41, 5.74) is 5.45. The third-order valence-electron chi connectivity index (χ3n) is 2.52. The number of amides is 1. The summed E-state index contributed by atoms with van der Waals surface area (Å²) >= 11 is 0. The van der Waals surface area contributed by atoms with Crippen LogP contribution in [0, 0.1) is 17.6 Å². The van der Waals surface area contributed by atoms with E-state index >= 15 is 0 Å². The highest BCUT2D eigenvalue weighted by Crippen LogP contribution is 2.47. The van der Waals surface area contributed by atoms with Crippen molar-refractivity contribution >= 4 is 5.91 Å². The second-order valence-electron chi connectivity index (χ2n) is 3.52. The van der Waals surface area contributed by atoms with E-state index in [2.05, 4.69) is 0 Å². The Kier molecular flexibility index (Phi) is 1.98. The summed E-state index contributed by atoms with van der Waals surface area (Å²) in [6.45, 7) is 0. The van der Waals surface area contributed by atoms with Gasteiger partial charge in [0.1, 0.15) is 11.6 Å². The van der Waals surface area contributed by atoms with E-state index < -0.39 is 17.5 Å². The van der Waals surface area contributed by atoms with Gasteiger partial charge in [0, 0.05) is 12.0 Å². The highest BCUT2D eigenvalue weighted by atomic mass is 19.1. The maximum absolute atomic E-state index is 13.2. The Morgan fingerprint density at radius 2 is 2.14 bits per heavy atom. The molecule has 0 spiro atoms. The Morgan fingerprint density at radius 1 is 1.43 bits per heavy atom. The van der Waals surface area contributed by atoms with Gasteiger partial charge in [-0.1, -0.05) is 6.07 Å². The number of hydrogen-bond donors (Lipinski definition) is 1. The summed E-state index contributed by atoms with van der Waals surface area (Å²) in [7, 11) is 0. The lowest BCUT2D eigenvalue weighted by molar-refractivity contribution is -0.119. The molecule has 14 heavy (non-hydrogen) atoms. The lowest BCUT2D eigenvalue weighted by Crippen LogP contribution is -2.13. The van der Waals surface area contributed by atoms with Crippen molar-refractivity contribution in [2.75, 3.05) is 0 Å². The monoisotopic (exact) mass is 197 g/mol. The fourth-order valence-corrected chi connectivity index (χ4v) is 1.66. The van der Waals surface area contributed by atoms with Crippen molar-refractivity contribution in [2.24, 2.45) is 11.7 Å². The van der Waals surface area contributed by atoms with Crippen LogP contribution in [-0.2, 0) is 4.79 Å². The minimum absolute atomic E-state index is 0.159. The van der Waals surface area contributed by atoms with Gasteiger partial charge in [-0.2, -0.15) is 0 Å². The van der Waals surface area contributed by atoms with Crippen LogP contribution in [0.15, 0.2) is 18.2 Å². The highest BCUT2D eigenvalue weighted by molar-refractivity contribution is 5.81. The van der Waals surface area contributed by atoms with E-state index in [-0.39, 0.29) is 11.8 Å². The summed E-state index contributed by atoms with van der Waals surface area (Å²) < 4.78 is 25.7. The Labute approximate surface area is 79.7 Å². The Morgan fingerprint density at radius 3 is 2.64 bits per heavy atom. The summed E-state index contributed by atoms with van der Waals surface area (Å²) in [6, 6.07) is 3.39. The van der Waals surface area contributed by atoms with E-state index in [1.165, 1.54) is 12.1 Å². The number of hydrogen-bond acceptors (Lipinski definition) is 1. The van der Waals surface area contributed by atoms with Gasteiger partial charge in [0.05, 0.1) is 0 Å². The van der Waals surface area contributed by atoms with Crippen molar-refractivity contribution in [1.82, 2.24) is 0 Å². The molecule has 74 valence electrons. The minimum atomic E-state index is -0.609. The second kappa shape index (κ2) is 3.04. The molecule has 1 aromatic carbocycles. The lowest BCUT2D eigenvalue weighted by Gasteiger charge is -2.00. The van der Waals surface area contributed by atoms with Gasteiger partial charge in [0.15, 0.2) is 0 Å².